The van der Waals surface area contributed by atoms with Crippen LogP contribution in [0.5, 0.6) is 0 Å². The summed E-state index contributed by atoms with van der Waals surface area (Å²) in [6, 6.07) is -1.07. The number of carboxylic acid groups (broad SMARTS) is 1. The number of carboxylic acids is 1. The lowest BCUT2D eigenvalue weighted by atomic mass is 10.0. The Labute approximate surface area is 109 Å². The molecule has 0 fully saturated rings. The van der Waals surface area contributed by atoms with Crippen molar-refractivity contribution in [2.75, 3.05) is 13.6 Å². The van der Waals surface area contributed by atoms with Crippen LogP contribution in [-0.4, -0.2) is 47.3 Å². The number of carbonyl (C=O) groups excluding carboxylic acids is 1. The first-order valence-corrected chi connectivity index (χ1v) is 5.75. The first kappa shape index (κ1) is 17.5. The summed E-state index contributed by atoms with van der Waals surface area (Å²) in [4.78, 5) is 23.3. The van der Waals surface area contributed by atoms with Crippen LogP contribution in [0.2, 0.25) is 0 Å². The Balaban J connectivity index is 4.80. The van der Waals surface area contributed by atoms with Gasteiger partial charge in [0.05, 0.1) is 0 Å². The minimum Gasteiger partial charge on any atom is -0.479 e. The van der Waals surface area contributed by atoms with E-state index in [1.807, 2.05) is 13.8 Å². The topological polar surface area (TPSA) is 69.6 Å². The van der Waals surface area contributed by atoms with Gasteiger partial charge in [-0.2, -0.15) is 13.2 Å². The van der Waals surface area contributed by atoms with Crippen molar-refractivity contribution < 1.29 is 27.9 Å². The number of hydrogen-bond donors (Lipinski definition) is 2. The third-order valence-electron chi connectivity index (χ3n) is 2.74. The van der Waals surface area contributed by atoms with Crippen molar-refractivity contribution in [3.05, 3.63) is 0 Å². The van der Waals surface area contributed by atoms with E-state index in [2.05, 4.69) is 0 Å². The third kappa shape index (κ3) is 4.60. The molecular formula is C11H19F3N2O3. The van der Waals surface area contributed by atoms with Crippen LogP contribution in [0.25, 0.3) is 0 Å². The molecule has 0 aliphatic rings. The second-order valence-corrected chi connectivity index (χ2v) is 4.96. The summed E-state index contributed by atoms with van der Waals surface area (Å²) in [5.74, 6) is -1.87. The maximum absolute atomic E-state index is 12.7. The highest BCUT2D eigenvalue weighted by Gasteiger charge is 2.58. The van der Waals surface area contributed by atoms with Gasteiger partial charge in [0.1, 0.15) is 0 Å². The summed E-state index contributed by atoms with van der Waals surface area (Å²) < 4.78 is 38.0. The van der Waals surface area contributed by atoms with Crippen molar-refractivity contribution in [3.63, 3.8) is 0 Å². The van der Waals surface area contributed by atoms with Gasteiger partial charge in [0.2, 0.25) is 5.54 Å². The maximum Gasteiger partial charge on any atom is 0.422 e. The Kier molecular flexibility index (Phi) is 5.64. The number of carbonyl (C=O) groups is 2. The van der Waals surface area contributed by atoms with E-state index in [9.17, 15) is 22.8 Å². The minimum absolute atomic E-state index is 0.247. The van der Waals surface area contributed by atoms with Gasteiger partial charge in [-0.25, -0.2) is 9.59 Å². The van der Waals surface area contributed by atoms with Crippen LogP contribution in [0.1, 0.15) is 27.2 Å². The van der Waals surface area contributed by atoms with E-state index in [0.717, 1.165) is 4.90 Å². The van der Waals surface area contributed by atoms with Gasteiger partial charge in [-0.3, -0.25) is 0 Å². The Morgan fingerprint density at radius 2 is 1.79 bits per heavy atom. The van der Waals surface area contributed by atoms with Crippen LogP contribution in [0.3, 0.4) is 0 Å². The number of hydrogen-bond acceptors (Lipinski definition) is 2. The fourth-order valence-corrected chi connectivity index (χ4v) is 1.11. The molecule has 0 aromatic rings. The largest absolute Gasteiger partial charge is 0.479 e. The number of nitrogens with one attached hydrogen (secondary N) is 1. The lowest BCUT2D eigenvalue weighted by Gasteiger charge is -2.30. The van der Waals surface area contributed by atoms with Crippen LogP contribution >= 0.6 is 0 Å². The molecule has 19 heavy (non-hydrogen) atoms. The number of amides is 2. The first-order valence-electron chi connectivity index (χ1n) is 5.75. The standard InChI is InChI=1S/C11H19F3N2O3/c1-7(2)5-6-16(4)9(19)15-10(3,8(17)18)11(12,13)14/h7H,5-6H2,1-4H3,(H,15,19)(H,17,18). The van der Waals surface area contributed by atoms with Crippen LogP contribution in [0.4, 0.5) is 18.0 Å². The molecule has 0 aromatic heterocycles. The highest BCUT2D eigenvalue weighted by molar-refractivity contribution is 5.86. The van der Waals surface area contributed by atoms with Crippen molar-refractivity contribution >= 4 is 12.0 Å². The zero-order valence-electron chi connectivity index (χ0n) is 11.3. The van der Waals surface area contributed by atoms with Crippen molar-refractivity contribution in [2.45, 2.75) is 38.9 Å². The number of nitrogens with zero attached hydrogens (tertiary/aromatic N) is 1. The summed E-state index contributed by atoms with van der Waals surface area (Å²) in [6.07, 6.45) is -4.47. The summed E-state index contributed by atoms with van der Waals surface area (Å²) in [5, 5.41) is 10.2. The average Bonchev–Trinajstić information content (AvgIpc) is 2.23. The Bertz CT molecular complexity index is 345. The maximum atomic E-state index is 12.7. The van der Waals surface area contributed by atoms with E-state index in [-0.39, 0.29) is 12.5 Å². The summed E-state index contributed by atoms with van der Waals surface area (Å²) in [7, 11) is 1.32. The van der Waals surface area contributed by atoms with Crippen LogP contribution < -0.4 is 5.32 Å². The first-order chi connectivity index (χ1) is 8.41. The molecule has 0 bridgehead atoms. The second kappa shape index (κ2) is 6.12. The van der Waals surface area contributed by atoms with Gasteiger partial charge in [-0.1, -0.05) is 13.8 Å². The molecule has 0 radical (unpaired) electrons. The molecule has 0 rings (SSSR count). The van der Waals surface area contributed by atoms with Crippen molar-refractivity contribution in [2.24, 2.45) is 5.92 Å². The van der Waals surface area contributed by atoms with Gasteiger partial charge in [0.25, 0.3) is 0 Å². The summed E-state index contributed by atoms with van der Waals surface area (Å²) in [5.41, 5.74) is -3.30. The van der Waals surface area contributed by atoms with Gasteiger partial charge >= 0.3 is 18.2 Å². The van der Waals surface area contributed by atoms with Gasteiger partial charge in [-0.15, -0.1) is 0 Å². The number of alkyl halides is 3. The molecule has 8 heteroatoms. The predicted octanol–water partition coefficient (Wildman–Crippen LogP) is 2.08. The highest BCUT2D eigenvalue weighted by atomic mass is 19.4. The molecule has 2 amide bonds. The van der Waals surface area contributed by atoms with Crippen LogP contribution in [0.15, 0.2) is 0 Å². The fourth-order valence-electron chi connectivity index (χ4n) is 1.11. The van der Waals surface area contributed by atoms with Gasteiger partial charge in [0.15, 0.2) is 0 Å². The van der Waals surface area contributed by atoms with E-state index >= 15 is 0 Å². The smallest absolute Gasteiger partial charge is 0.422 e. The Morgan fingerprint density at radius 3 is 2.11 bits per heavy atom. The molecular weight excluding hydrogens is 265 g/mol. The van der Waals surface area contributed by atoms with Crippen molar-refractivity contribution in [1.29, 1.82) is 0 Å². The van der Waals surface area contributed by atoms with E-state index in [4.69, 9.17) is 5.11 Å². The molecule has 1 unspecified atom stereocenters. The molecule has 0 saturated heterocycles. The third-order valence-corrected chi connectivity index (χ3v) is 2.74. The minimum atomic E-state index is -5.08. The molecule has 0 aliphatic heterocycles. The number of rotatable bonds is 5. The Hall–Kier alpha value is -1.47. The SMILES string of the molecule is CC(C)CCN(C)C(=O)NC(C)(C(=O)O)C(F)(F)F. The number of halogens is 3. The predicted molar refractivity (Wildman–Crippen MR) is 62.7 cm³/mol. The molecule has 5 nitrogen and oxygen atoms in total. The molecule has 0 saturated carbocycles. The van der Waals surface area contributed by atoms with Crippen molar-refractivity contribution in [3.8, 4) is 0 Å². The summed E-state index contributed by atoms with van der Waals surface area (Å²) >= 11 is 0. The molecule has 0 heterocycles. The van der Waals surface area contributed by atoms with Gasteiger partial charge in [-0.05, 0) is 19.3 Å². The molecule has 1 atom stereocenters. The van der Waals surface area contributed by atoms with E-state index < -0.39 is 23.7 Å². The van der Waals surface area contributed by atoms with E-state index in [0.29, 0.717) is 13.3 Å². The molecule has 0 aromatic carbocycles. The molecule has 0 aliphatic carbocycles. The number of urea groups is 1. The van der Waals surface area contributed by atoms with Crippen molar-refractivity contribution in [1.82, 2.24) is 10.2 Å². The lowest BCUT2D eigenvalue weighted by Crippen LogP contribution is -2.63. The van der Waals surface area contributed by atoms with E-state index in [1.165, 1.54) is 12.4 Å². The zero-order valence-corrected chi connectivity index (χ0v) is 11.3. The van der Waals surface area contributed by atoms with Crippen LogP contribution in [0, 0.1) is 5.92 Å². The zero-order chi connectivity index (χ0) is 15.4. The summed E-state index contributed by atoms with van der Waals surface area (Å²) in [6.45, 7) is 4.48. The van der Waals surface area contributed by atoms with Crippen LogP contribution in [-0.2, 0) is 4.79 Å². The van der Waals surface area contributed by atoms with Gasteiger partial charge in [0, 0.05) is 13.6 Å². The van der Waals surface area contributed by atoms with E-state index in [1.54, 1.807) is 0 Å². The lowest BCUT2D eigenvalue weighted by molar-refractivity contribution is -0.203. The quantitative estimate of drug-likeness (QED) is 0.812. The fraction of sp³-hybridized carbons (Fsp3) is 0.818. The number of aliphatic carboxylic acids is 1. The normalized spacial score (nSPS) is 14.9. The molecule has 112 valence electrons. The molecule has 0 spiro atoms. The van der Waals surface area contributed by atoms with Gasteiger partial charge < -0.3 is 15.3 Å². The second-order valence-electron chi connectivity index (χ2n) is 4.96. The Morgan fingerprint density at radius 1 is 1.32 bits per heavy atom. The highest BCUT2D eigenvalue weighted by Crippen LogP contribution is 2.30. The molecule has 2 N–H and O–H groups in total. The average molecular weight is 284 g/mol. The monoisotopic (exact) mass is 284 g/mol.